The van der Waals surface area contributed by atoms with E-state index in [0.717, 1.165) is 49.8 Å². The fraction of sp³-hybridized carbons (Fsp3) is 0.632. The fourth-order valence-corrected chi connectivity index (χ4v) is 3.75. The van der Waals surface area contributed by atoms with Gasteiger partial charge in [-0.05, 0) is 37.0 Å². The normalized spacial score (nSPS) is 25.1. The number of rotatable bonds is 6. The third-order valence-corrected chi connectivity index (χ3v) is 5.12. The summed E-state index contributed by atoms with van der Waals surface area (Å²) in [6.45, 7) is 2.55. The minimum absolute atomic E-state index is 0.224. The lowest BCUT2D eigenvalue weighted by Crippen LogP contribution is -2.35. The molecule has 1 heterocycles. The van der Waals surface area contributed by atoms with Crippen molar-refractivity contribution in [1.29, 1.82) is 0 Å². The molecule has 1 aromatic rings. The molecule has 1 saturated carbocycles. The minimum atomic E-state index is -0.909. The summed E-state index contributed by atoms with van der Waals surface area (Å²) in [4.78, 5) is 12.9. The number of hydrogen-bond donors (Lipinski definition) is 0. The molecule has 0 amide bonds. The van der Waals surface area contributed by atoms with Crippen molar-refractivity contribution in [2.24, 2.45) is 0 Å². The molecule has 3 rings (SSSR count). The van der Waals surface area contributed by atoms with Crippen molar-refractivity contribution in [2.45, 2.75) is 63.1 Å². The Labute approximate surface area is 138 Å². The quantitative estimate of drug-likeness (QED) is 0.452. The maximum absolute atomic E-state index is 12.9. The van der Waals surface area contributed by atoms with Gasteiger partial charge in [0.15, 0.2) is 0 Å². The molecule has 0 aromatic heterocycles. The van der Waals surface area contributed by atoms with Crippen LogP contribution in [0.25, 0.3) is 0 Å². The van der Waals surface area contributed by atoms with Crippen LogP contribution in [-0.2, 0) is 19.9 Å². The minimum Gasteiger partial charge on any atom is -0.497 e. The van der Waals surface area contributed by atoms with Crippen LogP contribution in [0.2, 0.25) is 0 Å². The van der Waals surface area contributed by atoms with Crippen molar-refractivity contribution in [3.8, 4) is 5.75 Å². The predicted octanol–water partition coefficient (Wildman–Crippen LogP) is 3.97. The second kappa shape index (κ2) is 6.52. The van der Waals surface area contributed by atoms with E-state index in [9.17, 15) is 4.79 Å². The maximum atomic E-state index is 12.9. The summed E-state index contributed by atoms with van der Waals surface area (Å²) < 4.78 is 16.9. The lowest BCUT2D eigenvalue weighted by atomic mass is 9.77. The molecule has 0 N–H and O–H groups in total. The first kappa shape index (κ1) is 16.3. The summed E-state index contributed by atoms with van der Waals surface area (Å²) in [5.41, 5.74) is -0.377. The molecule has 1 spiro atoms. The van der Waals surface area contributed by atoms with E-state index in [-0.39, 0.29) is 11.6 Å². The molecule has 1 atom stereocenters. The number of carbonyl (C=O) groups is 1. The van der Waals surface area contributed by atoms with Gasteiger partial charge in [0.2, 0.25) is 5.60 Å². The van der Waals surface area contributed by atoms with E-state index in [4.69, 9.17) is 14.2 Å². The van der Waals surface area contributed by atoms with Gasteiger partial charge in [0.25, 0.3) is 0 Å². The molecule has 4 heteroatoms. The Morgan fingerprint density at radius 1 is 1.17 bits per heavy atom. The Hall–Kier alpha value is -1.55. The van der Waals surface area contributed by atoms with E-state index in [1.807, 2.05) is 24.3 Å². The molecule has 1 unspecified atom stereocenters. The van der Waals surface area contributed by atoms with Crippen molar-refractivity contribution < 1.29 is 19.0 Å². The summed E-state index contributed by atoms with van der Waals surface area (Å²) in [5, 5.41) is 0. The number of unbranched alkanes of at least 4 members (excludes halogenated alkanes) is 1. The Morgan fingerprint density at radius 2 is 1.87 bits per heavy atom. The van der Waals surface area contributed by atoms with Gasteiger partial charge >= 0.3 is 5.97 Å². The molecule has 1 aliphatic carbocycles. The standard InChI is InChI=1S/C19H26O4/c1-3-4-14-22-17(20)19(15-8-10-16(21-2)11-9-15)18(23-19)12-6-5-7-13-18/h8-11H,3-7,12-14H2,1-2H3. The van der Waals surface area contributed by atoms with E-state index in [0.29, 0.717) is 6.61 Å². The molecular formula is C19H26O4. The Kier molecular flexibility index (Phi) is 4.62. The summed E-state index contributed by atoms with van der Waals surface area (Å²) in [7, 11) is 1.64. The largest absolute Gasteiger partial charge is 0.497 e. The summed E-state index contributed by atoms with van der Waals surface area (Å²) in [6.07, 6.45) is 7.20. The highest BCUT2D eigenvalue weighted by molar-refractivity contribution is 5.87. The fourth-order valence-electron chi connectivity index (χ4n) is 3.75. The van der Waals surface area contributed by atoms with Gasteiger partial charge in [-0.1, -0.05) is 44.7 Å². The van der Waals surface area contributed by atoms with Crippen LogP contribution < -0.4 is 4.74 Å². The van der Waals surface area contributed by atoms with Crippen molar-refractivity contribution in [1.82, 2.24) is 0 Å². The van der Waals surface area contributed by atoms with E-state index in [2.05, 4.69) is 6.92 Å². The molecule has 1 aromatic carbocycles. The van der Waals surface area contributed by atoms with Gasteiger partial charge in [-0.2, -0.15) is 0 Å². The van der Waals surface area contributed by atoms with Crippen molar-refractivity contribution >= 4 is 5.97 Å². The zero-order valence-electron chi connectivity index (χ0n) is 14.1. The van der Waals surface area contributed by atoms with Crippen LogP contribution in [0.4, 0.5) is 0 Å². The Bertz CT molecular complexity index is 545. The van der Waals surface area contributed by atoms with Crippen molar-refractivity contribution in [3.63, 3.8) is 0 Å². The SMILES string of the molecule is CCCCOC(=O)C1(c2ccc(OC)cc2)OC12CCCCC2. The number of carbonyl (C=O) groups excluding carboxylic acids is 1. The van der Waals surface area contributed by atoms with Crippen molar-refractivity contribution in [2.75, 3.05) is 13.7 Å². The number of esters is 1. The average Bonchev–Trinajstić information content (AvgIpc) is 3.24. The molecule has 23 heavy (non-hydrogen) atoms. The number of methoxy groups -OCH3 is 1. The highest BCUT2D eigenvalue weighted by Crippen LogP contribution is 2.63. The van der Waals surface area contributed by atoms with Crippen LogP contribution in [-0.4, -0.2) is 25.3 Å². The van der Waals surface area contributed by atoms with Gasteiger partial charge in [0.1, 0.15) is 11.4 Å². The van der Waals surface area contributed by atoms with Gasteiger partial charge in [0.05, 0.1) is 13.7 Å². The van der Waals surface area contributed by atoms with Crippen LogP contribution in [0, 0.1) is 0 Å². The molecule has 0 bridgehead atoms. The smallest absolute Gasteiger partial charge is 0.346 e. The number of hydrogen-bond acceptors (Lipinski definition) is 4. The Morgan fingerprint density at radius 3 is 2.48 bits per heavy atom. The summed E-state index contributed by atoms with van der Waals surface area (Å²) in [5.74, 6) is 0.555. The second-order valence-electron chi connectivity index (χ2n) is 6.56. The van der Waals surface area contributed by atoms with E-state index < -0.39 is 5.60 Å². The van der Waals surface area contributed by atoms with Crippen LogP contribution in [0.1, 0.15) is 57.4 Å². The lowest BCUT2D eigenvalue weighted by molar-refractivity contribution is -0.150. The summed E-state index contributed by atoms with van der Waals surface area (Å²) >= 11 is 0. The Balaban J connectivity index is 1.86. The molecule has 2 fully saturated rings. The number of ether oxygens (including phenoxy) is 3. The third kappa shape index (κ3) is 2.74. The van der Waals surface area contributed by atoms with Gasteiger partial charge in [0, 0.05) is 0 Å². The van der Waals surface area contributed by atoms with Crippen LogP contribution >= 0.6 is 0 Å². The van der Waals surface area contributed by atoms with Crippen LogP contribution in [0.3, 0.4) is 0 Å². The molecule has 0 radical (unpaired) electrons. The average molecular weight is 318 g/mol. The monoisotopic (exact) mass is 318 g/mol. The van der Waals surface area contributed by atoms with Crippen LogP contribution in [0.15, 0.2) is 24.3 Å². The molecule has 126 valence electrons. The van der Waals surface area contributed by atoms with Gasteiger partial charge < -0.3 is 14.2 Å². The van der Waals surface area contributed by atoms with Gasteiger partial charge in [-0.15, -0.1) is 0 Å². The number of benzene rings is 1. The predicted molar refractivity (Wildman–Crippen MR) is 87.4 cm³/mol. The van der Waals surface area contributed by atoms with Crippen LogP contribution in [0.5, 0.6) is 5.75 Å². The number of epoxide rings is 1. The molecule has 4 nitrogen and oxygen atoms in total. The van der Waals surface area contributed by atoms with E-state index in [1.165, 1.54) is 6.42 Å². The highest BCUT2D eigenvalue weighted by Gasteiger charge is 2.75. The van der Waals surface area contributed by atoms with Gasteiger partial charge in [-0.3, -0.25) is 0 Å². The summed E-state index contributed by atoms with van der Waals surface area (Å²) in [6, 6.07) is 7.63. The van der Waals surface area contributed by atoms with Crippen molar-refractivity contribution in [3.05, 3.63) is 29.8 Å². The first-order chi connectivity index (χ1) is 11.2. The molecular weight excluding hydrogens is 292 g/mol. The first-order valence-corrected chi connectivity index (χ1v) is 8.70. The maximum Gasteiger partial charge on any atom is 0.346 e. The lowest BCUT2D eigenvalue weighted by Gasteiger charge is -2.23. The molecule has 2 aliphatic rings. The van der Waals surface area contributed by atoms with E-state index in [1.54, 1.807) is 7.11 Å². The zero-order chi connectivity index (χ0) is 16.3. The van der Waals surface area contributed by atoms with Gasteiger partial charge in [-0.25, -0.2) is 4.79 Å². The second-order valence-corrected chi connectivity index (χ2v) is 6.56. The van der Waals surface area contributed by atoms with E-state index >= 15 is 0 Å². The first-order valence-electron chi connectivity index (χ1n) is 8.70. The zero-order valence-corrected chi connectivity index (χ0v) is 14.1. The third-order valence-electron chi connectivity index (χ3n) is 5.12. The highest BCUT2D eigenvalue weighted by atomic mass is 16.7. The topological polar surface area (TPSA) is 48.1 Å². The molecule has 1 aliphatic heterocycles. The molecule has 1 saturated heterocycles.